The molecule has 0 saturated carbocycles. The van der Waals surface area contributed by atoms with Crippen molar-refractivity contribution in [2.75, 3.05) is 0 Å². The van der Waals surface area contributed by atoms with Gasteiger partial charge in [-0.25, -0.2) is 13.8 Å². The van der Waals surface area contributed by atoms with Crippen molar-refractivity contribution in [3.63, 3.8) is 0 Å². The zero-order valence-corrected chi connectivity index (χ0v) is 16.0. The molecule has 0 aliphatic heterocycles. The van der Waals surface area contributed by atoms with Crippen LogP contribution >= 0.6 is 0 Å². The molecule has 0 fully saturated rings. The number of hydrogen-bond acceptors (Lipinski definition) is 2. The first-order chi connectivity index (χ1) is 13.9. The van der Waals surface area contributed by atoms with E-state index in [1.54, 1.807) is 35.2 Å². The first kappa shape index (κ1) is 18.9. The number of fused-ring (bicyclic) bond motifs is 1. The van der Waals surface area contributed by atoms with Crippen LogP contribution in [0, 0.1) is 18.6 Å². The molecule has 2 heterocycles. The van der Waals surface area contributed by atoms with Crippen molar-refractivity contribution in [1.82, 2.24) is 19.9 Å². The molecule has 7 heteroatoms. The third-order valence-electron chi connectivity index (χ3n) is 5.04. The predicted octanol–water partition coefficient (Wildman–Crippen LogP) is 3.94. The van der Waals surface area contributed by atoms with E-state index in [9.17, 15) is 13.6 Å². The Morgan fingerprint density at radius 2 is 1.90 bits per heavy atom. The average Bonchev–Trinajstić information content (AvgIpc) is 3.24. The number of H-pyrrole nitrogens is 1. The van der Waals surface area contributed by atoms with Crippen LogP contribution in [-0.2, 0) is 18.3 Å². The molecule has 0 bridgehead atoms. The lowest BCUT2D eigenvalue weighted by atomic mass is 10.0. The second-order valence-electron chi connectivity index (χ2n) is 7.04. The summed E-state index contributed by atoms with van der Waals surface area (Å²) in [6.07, 6.45) is 3.51. The lowest BCUT2D eigenvalue weighted by Crippen LogP contribution is -2.32. The van der Waals surface area contributed by atoms with Gasteiger partial charge >= 0.3 is 0 Å². The summed E-state index contributed by atoms with van der Waals surface area (Å²) in [5.74, 6) is -0.312. The smallest absolute Gasteiger partial charge is 0.225 e. The maximum Gasteiger partial charge on any atom is 0.225 e. The van der Waals surface area contributed by atoms with Crippen LogP contribution in [0.4, 0.5) is 8.78 Å². The summed E-state index contributed by atoms with van der Waals surface area (Å²) in [6, 6.07) is 9.89. The summed E-state index contributed by atoms with van der Waals surface area (Å²) in [7, 11) is 1.83. The molecular weight excluding hydrogens is 374 g/mol. The molecule has 2 aromatic carbocycles. The number of benzene rings is 2. The number of aromatic amines is 1. The van der Waals surface area contributed by atoms with E-state index in [2.05, 4.69) is 15.3 Å². The maximum atomic E-state index is 13.7. The first-order valence-corrected chi connectivity index (χ1v) is 9.21. The van der Waals surface area contributed by atoms with Gasteiger partial charge in [0.05, 0.1) is 6.42 Å². The van der Waals surface area contributed by atoms with Gasteiger partial charge in [-0.2, -0.15) is 0 Å². The fourth-order valence-corrected chi connectivity index (χ4v) is 3.56. The number of carbonyl (C=O) groups is 1. The number of aromatic nitrogens is 3. The van der Waals surface area contributed by atoms with E-state index in [-0.39, 0.29) is 24.0 Å². The van der Waals surface area contributed by atoms with E-state index >= 15 is 0 Å². The fraction of sp³-hybridized carbons (Fsp3) is 0.182. The number of halogens is 2. The molecule has 148 valence electrons. The Kier molecular flexibility index (Phi) is 4.88. The van der Waals surface area contributed by atoms with E-state index in [0.717, 1.165) is 22.3 Å². The number of nitrogens with zero attached hydrogens (tertiary/aromatic N) is 2. The Bertz CT molecular complexity index is 1180. The van der Waals surface area contributed by atoms with Gasteiger partial charge in [-0.15, -0.1) is 0 Å². The normalized spacial score (nSPS) is 12.3. The number of amides is 1. The van der Waals surface area contributed by atoms with Crippen LogP contribution in [-0.4, -0.2) is 20.4 Å². The van der Waals surface area contributed by atoms with Gasteiger partial charge in [0.25, 0.3) is 0 Å². The molecule has 0 saturated heterocycles. The third-order valence-corrected chi connectivity index (χ3v) is 5.04. The number of carbonyl (C=O) groups excluding carboxylic acids is 1. The Labute approximate surface area is 166 Å². The van der Waals surface area contributed by atoms with Crippen LogP contribution in [0.1, 0.15) is 28.7 Å². The zero-order chi connectivity index (χ0) is 20.5. The van der Waals surface area contributed by atoms with E-state index in [4.69, 9.17) is 0 Å². The summed E-state index contributed by atoms with van der Waals surface area (Å²) in [5.41, 5.74) is 3.06. The van der Waals surface area contributed by atoms with E-state index in [0.29, 0.717) is 11.2 Å². The molecule has 0 spiro atoms. The zero-order valence-electron chi connectivity index (χ0n) is 16.0. The van der Waals surface area contributed by atoms with Crippen molar-refractivity contribution in [2.45, 2.75) is 19.4 Å². The second kappa shape index (κ2) is 7.50. The minimum atomic E-state index is -0.537. The third kappa shape index (κ3) is 3.76. The van der Waals surface area contributed by atoms with E-state index in [1.807, 2.05) is 14.0 Å². The van der Waals surface area contributed by atoms with Crippen molar-refractivity contribution in [3.05, 3.63) is 89.1 Å². The predicted molar refractivity (Wildman–Crippen MR) is 106 cm³/mol. The summed E-state index contributed by atoms with van der Waals surface area (Å²) in [4.78, 5) is 20.4. The van der Waals surface area contributed by atoms with Crippen LogP contribution in [0.2, 0.25) is 0 Å². The Morgan fingerprint density at radius 3 is 2.59 bits per heavy atom. The van der Waals surface area contributed by atoms with Crippen molar-refractivity contribution >= 4 is 16.8 Å². The molecule has 4 aromatic rings. The van der Waals surface area contributed by atoms with Gasteiger partial charge in [-0.05, 0) is 48.4 Å². The maximum absolute atomic E-state index is 13.7. The van der Waals surface area contributed by atoms with E-state index in [1.165, 1.54) is 24.3 Å². The Hall–Kier alpha value is -3.48. The van der Waals surface area contributed by atoms with Crippen LogP contribution in [0.3, 0.4) is 0 Å². The SMILES string of the molecule is Cc1[nH]c2ccc(F)cc2c1CC(=O)NC(c1ccc(F)cc1)c1nccn1C. The van der Waals surface area contributed by atoms with Crippen molar-refractivity contribution in [3.8, 4) is 0 Å². The topological polar surface area (TPSA) is 62.7 Å². The molecule has 29 heavy (non-hydrogen) atoms. The molecule has 0 aliphatic rings. The van der Waals surface area contributed by atoms with Crippen molar-refractivity contribution < 1.29 is 13.6 Å². The van der Waals surface area contributed by atoms with Gasteiger partial charge in [0.2, 0.25) is 5.91 Å². The number of hydrogen-bond donors (Lipinski definition) is 2. The van der Waals surface area contributed by atoms with Gasteiger partial charge < -0.3 is 14.9 Å². The summed E-state index contributed by atoms with van der Waals surface area (Å²) in [6.45, 7) is 1.86. The van der Waals surface area contributed by atoms with Crippen LogP contribution in [0.15, 0.2) is 54.9 Å². The average molecular weight is 394 g/mol. The number of rotatable bonds is 5. The van der Waals surface area contributed by atoms with Gasteiger partial charge in [0.15, 0.2) is 0 Å². The lowest BCUT2D eigenvalue weighted by molar-refractivity contribution is -0.121. The molecule has 1 amide bonds. The number of imidazole rings is 1. The fourth-order valence-electron chi connectivity index (χ4n) is 3.56. The molecule has 2 N–H and O–H groups in total. The van der Waals surface area contributed by atoms with Gasteiger partial charge in [-0.3, -0.25) is 4.79 Å². The Balaban J connectivity index is 1.64. The molecule has 5 nitrogen and oxygen atoms in total. The highest BCUT2D eigenvalue weighted by atomic mass is 19.1. The second-order valence-corrected chi connectivity index (χ2v) is 7.04. The highest BCUT2D eigenvalue weighted by Gasteiger charge is 2.22. The Morgan fingerprint density at radius 1 is 1.17 bits per heavy atom. The molecule has 1 atom stereocenters. The minimum absolute atomic E-state index is 0.0808. The number of nitrogens with one attached hydrogen (secondary N) is 2. The van der Waals surface area contributed by atoms with Crippen molar-refractivity contribution in [1.29, 1.82) is 0 Å². The quantitative estimate of drug-likeness (QED) is 0.539. The monoisotopic (exact) mass is 394 g/mol. The molecule has 4 rings (SSSR count). The first-order valence-electron chi connectivity index (χ1n) is 9.21. The largest absolute Gasteiger partial charge is 0.358 e. The highest BCUT2D eigenvalue weighted by Crippen LogP contribution is 2.25. The van der Waals surface area contributed by atoms with Gasteiger partial charge in [0.1, 0.15) is 23.5 Å². The molecule has 0 radical (unpaired) electrons. The van der Waals surface area contributed by atoms with Crippen molar-refractivity contribution in [2.24, 2.45) is 7.05 Å². The molecule has 2 aromatic heterocycles. The lowest BCUT2D eigenvalue weighted by Gasteiger charge is -2.19. The van der Waals surface area contributed by atoms with Crippen LogP contribution in [0.5, 0.6) is 0 Å². The minimum Gasteiger partial charge on any atom is -0.358 e. The summed E-state index contributed by atoms with van der Waals surface area (Å²) < 4.78 is 28.9. The standard InChI is InChI=1S/C22H20F2N4O/c1-13-17(18-11-16(24)7-8-19(18)26-13)12-20(29)27-21(22-25-9-10-28(22)2)14-3-5-15(23)6-4-14/h3-11,21,26H,12H2,1-2H3,(H,27,29). The summed E-state index contributed by atoms with van der Waals surface area (Å²) in [5, 5.41) is 3.68. The molecule has 0 aliphatic carbocycles. The molecular formula is C22H20F2N4O. The van der Waals surface area contributed by atoms with E-state index < -0.39 is 6.04 Å². The molecule has 1 unspecified atom stereocenters. The highest BCUT2D eigenvalue weighted by molar-refractivity contribution is 5.90. The van der Waals surface area contributed by atoms with Gasteiger partial charge in [0, 0.05) is 36.0 Å². The number of aryl methyl sites for hydroxylation is 2. The van der Waals surface area contributed by atoms with Crippen LogP contribution < -0.4 is 5.32 Å². The van der Waals surface area contributed by atoms with Gasteiger partial charge in [-0.1, -0.05) is 12.1 Å². The van der Waals surface area contributed by atoms with Crippen LogP contribution in [0.25, 0.3) is 10.9 Å². The summed E-state index contributed by atoms with van der Waals surface area (Å²) >= 11 is 0.